The van der Waals surface area contributed by atoms with Gasteiger partial charge in [0.15, 0.2) is 0 Å². The summed E-state index contributed by atoms with van der Waals surface area (Å²) in [6, 6.07) is 13.7. The van der Waals surface area contributed by atoms with Crippen LogP contribution in [0.4, 0.5) is 5.69 Å². The van der Waals surface area contributed by atoms with Crippen LogP contribution in [0.15, 0.2) is 53.4 Å². The van der Waals surface area contributed by atoms with E-state index in [1.807, 2.05) is 36.4 Å². The lowest BCUT2D eigenvalue weighted by atomic mass is 10.1. The Bertz CT molecular complexity index is 1090. The molecule has 2 amide bonds. The van der Waals surface area contributed by atoms with Gasteiger partial charge in [-0.3, -0.25) is 9.59 Å². The number of hydrogen-bond donors (Lipinski definition) is 5. The van der Waals surface area contributed by atoms with Gasteiger partial charge in [-0.2, -0.15) is 0 Å². The fourth-order valence-corrected chi connectivity index (χ4v) is 4.28. The Morgan fingerprint density at radius 2 is 1.82 bits per heavy atom. The molecule has 0 bridgehead atoms. The maximum absolute atomic E-state index is 12.4. The molecule has 6 N–H and O–H groups in total. The lowest BCUT2D eigenvalue weighted by Gasteiger charge is -2.14. The van der Waals surface area contributed by atoms with E-state index in [-0.39, 0.29) is 5.91 Å². The van der Waals surface area contributed by atoms with E-state index in [1.54, 1.807) is 18.2 Å². The first kappa shape index (κ1) is 25.4. The van der Waals surface area contributed by atoms with E-state index >= 15 is 0 Å². The summed E-state index contributed by atoms with van der Waals surface area (Å²) in [6.07, 6.45) is 3.49. The highest BCUT2D eigenvalue weighted by Crippen LogP contribution is 2.26. The van der Waals surface area contributed by atoms with Crippen LogP contribution in [0.3, 0.4) is 0 Å². The molecule has 1 aliphatic rings. The van der Waals surface area contributed by atoms with Crippen molar-refractivity contribution in [3.63, 3.8) is 0 Å². The predicted molar refractivity (Wildman–Crippen MR) is 138 cm³/mol. The van der Waals surface area contributed by atoms with Crippen molar-refractivity contribution in [2.24, 2.45) is 5.73 Å². The van der Waals surface area contributed by atoms with Crippen LogP contribution >= 0.6 is 24.0 Å². The molecule has 1 aliphatic heterocycles. The molecule has 0 aliphatic carbocycles. The van der Waals surface area contributed by atoms with Crippen LogP contribution in [0.5, 0.6) is 0 Å². The van der Waals surface area contributed by atoms with Gasteiger partial charge in [0.1, 0.15) is 10.4 Å². The van der Waals surface area contributed by atoms with E-state index in [2.05, 4.69) is 16.0 Å². The summed E-state index contributed by atoms with van der Waals surface area (Å²) in [5.41, 5.74) is 8.61. The van der Waals surface area contributed by atoms with Gasteiger partial charge < -0.3 is 26.8 Å². The average molecular weight is 499 g/mol. The van der Waals surface area contributed by atoms with Crippen molar-refractivity contribution in [3.8, 4) is 0 Å². The molecule has 1 heterocycles. The summed E-state index contributed by atoms with van der Waals surface area (Å²) < 4.78 is 0.460. The molecule has 2 aromatic rings. The number of thiocarbonyl (C=S) groups is 1. The molecular formula is C24H26N4O4S2. The van der Waals surface area contributed by atoms with Crippen LogP contribution in [-0.4, -0.2) is 39.8 Å². The van der Waals surface area contributed by atoms with Gasteiger partial charge in [0.05, 0.1) is 4.91 Å². The highest BCUT2D eigenvalue weighted by molar-refractivity contribution is 8.26. The zero-order chi connectivity index (χ0) is 24.5. The number of aliphatic carboxylic acids is 1. The first-order chi connectivity index (χ1) is 16.4. The van der Waals surface area contributed by atoms with Crippen molar-refractivity contribution in [2.45, 2.75) is 31.8 Å². The summed E-state index contributed by atoms with van der Waals surface area (Å²) >= 11 is 6.24. The highest BCUT2D eigenvalue weighted by Gasteiger charge is 2.22. The van der Waals surface area contributed by atoms with E-state index in [0.717, 1.165) is 16.8 Å². The zero-order valence-corrected chi connectivity index (χ0v) is 20.0. The van der Waals surface area contributed by atoms with Crippen LogP contribution in [0.1, 0.15) is 40.7 Å². The lowest BCUT2D eigenvalue weighted by molar-refractivity contribution is -0.139. The third-order valence-electron chi connectivity index (χ3n) is 5.11. The standard InChI is InChI=1S/C24H26N4O4S2/c25-12-2-1-3-19(23(31)32)27-21(29)17-8-4-16(5-9-17)14-26-18-10-6-15(7-11-18)13-20-22(30)28-24(33)34-20/h4-11,13,19,26H,1-3,12,14,25H2,(H,27,29)(H,31,32)(H,28,30,33)/b20-13-/t19-/m0/s1. The fourth-order valence-electron chi connectivity index (χ4n) is 3.24. The molecule has 0 radical (unpaired) electrons. The largest absolute Gasteiger partial charge is 0.480 e. The second kappa shape index (κ2) is 12.3. The topological polar surface area (TPSA) is 134 Å². The Labute approximate surface area is 207 Å². The number of carbonyl (C=O) groups is 3. The second-order valence-electron chi connectivity index (χ2n) is 7.67. The van der Waals surface area contributed by atoms with Gasteiger partial charge in [0.2, 0.25) is 0 Å². The molecular weight excluding hydrogens is 472 g/mol. The van der Waals surface area contributed by atoms with Gasteiger partial charge >= 0.3 is 5.97 Å². The number of carboxylic acid groups (broad SMARTS) is 1. The molecule has 0 unspecified atom stereocenters. The maximum Gasteiger partial charge on any atom is 0.326 e. The van der Waals surface area contributed by atoms with Gasteiger partial charge in [-0.1, -0.05) is 48.2 Å². The number of carbonyl (C=O) groups excluding carboxylic acids is 2. The minimum atomic E-state index is -1.05. The SMILES string of the molecule is NCCCC[C@H](NC(=O)c1ccc(CNc2ccc(/C=C3\SC(=S)NC3=O)cc2)cc1)C(=O)O. The molecule has 0 saturated carbocycles. The predicted octanol–water partition coefficient (Wildman–Crippen LogP) is 3.10. The molecule has 1 fully saturated rings. The minimum absolute atomic E-state index is 0.181. The average Bonchev–Trinajstić information content (AvgIpc) is 3.14. The van der Waals surface area contributed by atoms with Gasteiger partial charge in [0.25, 0.3) is 11.8 Å². The van der Waals surface area contributed by atoms with Crippen molar-refractivity contribution < 1.29 is 19.5 Å². The smallest absolute Gasteiger partial charge is 0.326 e. The van der Waals surface area contributed by atoms with E-state index in [9.17, 15) is 19.5 Å². The van der Waals surface area contributed by atoms with Gasteiger partial charge in [-0.15, -0.1) is 0 Å². The Hall–Kier alpha value is -3.21. The Balaban J connectivity index is 1.52. The quantitative estimate of drug-likeness (QED) is 0.181. The van der Waals surface area contributed by atoms with Crippen LogP contribution in [0, 0.1) is 0 Å². The molecule has 1 atom stereocenters. The number of nitrogens with one attached hydrogen (secondary N) is 3. The lowest BCUT2D eigenvalue weighted by Crippen LogP contribution is -2.40. The van der Waals surface area contributed by atoms with Gasteiger partial charge in [-0.05, 0) is 67.3 Å². The molecule has 178 valence electrons. The monoisotopic (exact) mass is 498 g/mol. The second-order valence-corrected chi connectivity index (χ2v) is 9.39. The molecule has 8 nitrogen and oxygen atoms in total. The van der Waals surface area contributed by atoms with Crippen molar-refractivity contribution in [1.29, 1.82) is 0 Å². The zero-order valence-electron chi connectivity index (χ0n) is 18.4. The van der Waals surface area contributed by atoms with Crippen LogP contribution in [0.25, 0.3) is 6.08 Å². The number of carboxylic acids is 1. The van der Waals surface area contributed by atoms with Crippen molar-refractivity contribution in [1.82, 2.24) is 10.6 Å². The van der Waals surface area contributed by atoms with E-state index in [4.69, 9.17) is 18.0 Å². The van der Waals surface area contributed by atoms with E-state index < -0.39 is 17.9 Å². The van der Waals surface area contributed by atoms with Crippen LogP contribution < -0.4 is 21.7 Å². The minimum Gasteiger partial charge on any atom is -0.480 e. The molecule has 0 aromatic heterocycles. The summed E-state index contributed by atoms with van der Waals surface area (Å²) in [4.78, 5) is 36.1. The van der Waals surface area contributed by atoms with E-state index in [0.29, 0.717) is 47.1 Å². The number of nitrogens with two attached hydrogens (primary N) is 1. The summed E-state index contributed by atoms with van der Waals surface area (Å²) in [5, 5.41) is 17.8. The molecule has 1 saturated heterocycles. The number of thioether (sulfide) groups is 1. The molecule has 10 heteroatoms. The normalized spacial score (nSPS) is 15.1. The third-order valence-corrected chi connectivity index (χ3v) is 6.28. The van der Waals surface area contributed by atoms with Crippen LogP contribution in [-0.2, 0) is 16.1 Å². The molecule has 3 rings (SSSR count). The Morgan fingerprint density at radius 1 is 1.12 bits per heavy atom. The van der Waals surface area contributed by atoms with Crippen molar-refractivity contribution in [3.05, 3.63) is 70.1 Å². The summed E-state index contributed by atoms with van der Waals surface area (Å²) in [6.45, 7) is 1.04. The summed E-state index contributed by atoms with van der Waals surface area (Å²) in [5.74, 6) is -1.65. The maximum atomic E-state index is 12.4. The summed E-state index contributed by atoms with van der Waals surface area (Å²) in [7, 11) is 0. The molecule has 34 heavy (non-hydrogen) atoms. The van der Waals surface area contributed by atoms with E-state index in [1.165, 1.54) is 11.8 Å². The van der Waals surface area contributed by atoms with Crippen molar-refractivity contribution in [2.75, 3.05) is 11.9 Å². The van der Waals surface area contributed by atoms with Crippen molar-refractivity contribution >= 4 is 57.8 Å². The third kappa shape index (κ3) is 7.41. The number of anilines is 1. The first-order valence-electron chi connectivity index (χ1n) is 10.8. The Morgan fingerprint density at radius 3 is 2.41 bits per heavy atom. The number of rotatable bonds is 11. The van der Waals surface area contributed by atoms with Crippen LogP contribution in [0.2, 0.25) is 0 Å². The Kier molecular flexibility index (Phi) is 9.20. The number of hydrogen-bond acceptors (Lipinski definition) is 7. The number of unbranched alkanes of at least 4 members (excludes halogenated alkanes) is 1. The highest BCUT2D eigenvalue weighted by atomic mass is 32.2. The molecule has 2 aromatic carbocycles. The van der Waals surface area contributed by atoms with Gasteiger partial charge in [-0.25, -0.2) is 4.79 Å². The molecule has 0 spiro atoms. The first-order valence-corrected chi connectivity index (χ1v) is 12.0. The number of benzene rings is 2. The number of amides is 2. The van der Waals surface area contributed by atoms with Gasteiger partial charge in [0, 0.05) is 17.8 Å². The fraction of sp³-hybridized carbons (Fsp3) is 0.250.